The lowest BCUT2D eigenvalue weighted by Crippen LogP contribution is -2.40. The third kappa shape index (κ3) is 3.67. The van der Waals surface area contributed by atoms with Gasteiger partial charge in [-0.1, -0.05) is 18.5 Å². The molecule has 0 aromatic carbocycles. The minimum Gasteiger partial charge on any atom is -0.328 e. The summed E-state index contributed by atoms with van der Waals surface area (Å²) in [6.07, 6.45) is 6.47. The molecule has 0 bridgehead atoms. The lowest BCUT2D eigenvalue weighted by molar-refractivity contribution is 0.148. The van der Waals surface area contributed by atoms with Crippen LogP contribution in [0.1, 0.15) is 38.3 Å². The fourth-order valence-corrected chi connectivity index (χ4v) is 2.89. The van der Waals surface area contributed by atoms with E-state index >= 15 is 0 Å². The molecule has 100 valence electrons. The number of halogens is 1. The van der Waals surface area contributed by atoms with Crippen LogP contribution in [-0.2, 0) is 6.54 Å². The molecule has 1 aliphatic rings. The topological polar surface area (TPSA) is 42.2 Å². The maximum Gasteiger partial charge on any atom is 0.0558 e. The Bertz CT molecular complexity index is 375. The van der Waals surface area contributed by atoms with Crippen molar-refractivity contribution in [1.82, 2.24) is 9.88 Å². The highest BCUT2D eigenvalue weighted by Crippen LogP contribution is 2.23. The van der Waals surface area contributed by atoms with E-state index in [4.69, 9.17) is 17.3 Å². The van der Waals surface area contributed by atoms with Gasteiger partial charge in [0.1, 0.15) is 0 Å². The van der Waals surface area contributed by atoms with Crippen LogP contribution < -0.4 is 5.73 Å². The number of nitrogens with zero attached hydrogens (tertiary/aromatic N) is 2. The molecule has 2 rings (SSSR count). The Balaban J connectivity index is 1.96. The minimum atomic E-state index is 0.407. The number of nitrogens with two attached hydrogens (primary N) is 1. The van der Waals surface area contributed by atoms with Crippen LogP contribution in [0.5, 0.6) is 0 Å². The molecular weight excluding hydrogens is 246 g/mol. The van der Waals surface area contributed by atoms with Crippen LogP contribution >= 0.6 is 11.6 Å². The third-order valence-electron chi connectivity index (χ3n) is 3.81. The van der Waals surface area contributed by atoms with Gasteiger partial charge in [0, 0.05) is 29.8 Å². The highest BCUT2D eigenvalue weighted by molar-refractivity contribution is 6.30. The molecule has 0 spiro atoms. The molecule has 0 radical (unpaired) electrons. The summed E-state index contributed by atoms with van der Waals surface area (Å²) in [5.41, 5.74) is 7.02. The van der Waals surface area contributed by atoms with E-state index in [-0.39, 0.29) is 0 Å². The second-order valence-corrected chi connectivity index (χ2v) is 5.53. The van der Waals surface area contributed by atoms with Crippen molar-refractivity contribution < 1.29 is 0 Å². The molecule has 0 atom stereocenters. The van der Waals surface area contributed by atoms with Crippen molar-refractivity contribution in [3.8, 4) is 0 Å². The van der Waals surface area contributed by atoms with Gasteiger partial charge in [0.05, 0.1) is 5.69 Å². The summed E-state index contributed by atoms with van der Waals surface area (Å²) < 4.78 is 0. The van der Waals surface area contributed by atoms with Gasteiger partial charge in [-0.25, -0.2) is 0 Å². The van der Waals surface area contributed by atoms with Gasteiger partial charge in [0.2, 0.25) is 0 Å². The van der Waals surface area contributed by atoms with E-state index in [2.05, 4.69) is 16.8 Å². The number of hydrogen-bond acceptors (Lipinski definition) is 3. The largest absolute Gasteiger partial charge is 0.328 e. The average Bonchev–Trinajstić information content (AvgIpc) is 2.37. The molecular formula is C14H22ClN3. The van der Waals surface area contributed by atoms with Crippen LogP contribution in [0.15, 0.2) is 18.3 Å². The van der Waals surface area contributed by atoms with Gasteiger partial charge in [-0.3, -0.25) is 9.88 Å². The fraction of sp³-hybridized carbons (Fsp3) is 0.643. The van der Waals surface area contributed by atoms with Crippen LogP contribution in [0.4, 0.5) is 0 Å². The highest BCUT2D eigenvalue weighted by Gasteiger charge is 2.23. The van der Waals surface area contributed by atoms with Crippen molar-refractivity contribution in [1.29, 1.82) is 0 Å². The van der Waals surface area contributed by atoms with Crippen LogP contribution in [0.25, 0.3) is 0 Å². The van der Waals surface area contributed by atoms with Crippen molar-refractivity contribution in [3.05, 3.63) is 29.0 Å². The van der Waals surface area contributed by atoms with E-state index in [1.807, 2.05) is 12.1 Å². The normalized spacial score (nSPS) is 24.4. The van der Waals surface area contributed by atoms with Gasteiger partial charge < -0.3 is 5.73 Å². The zero-order valence-electron chi connectivity index (χ0n) is 11.0. The van der Waals surface area contributed by atoms with Gasteiger partial charge in [-0.15, -0.1) is 0 Å². The SMILES string of the molecule is CCN(Cc1cc(Cl)ccn1)C1CCC(N)CC1. The van der Waals surface area contributed by atoms with Crippen molar-refractivity contribution in [3.63, 3.8) is 0 Å². The van der Waals surface area contributed by atoms with Crippen LogP contribution in [0.3, 0.4) is 0 Å². The molecule has 3 nitrogen and oxygen atoms in total. The Morgan fingerprint density at radius 1 is 1.39 bits per heavy atom. The van der Waals surface area contributed by atoms with E-state index in [1.165, 1.54) is 12.8 Å². The van der Waals surface area contributed by atoms with Crippen molar-refractivity contribution in [2.75, 3.05) is 6.54 Å². The molecule has 1 heterocycles. The van der Waals surface area contributed by atoms with Gasteiger partial charge in [-0.05, 0) is 44.4 Å². The maximum atomic E-state index is 6.00. The fourth-order valence-electron chi connectivity index (χ4n) is 2.71. The molecule has 0 amide bonds. The number of aromatic nitrogens is 1. The third-order valence-corrected chi connectivity index (χ3v) is 4.04. The van der Waals surface area contributed by atoms with Gasteiger partial charge in [0.15, 0.2) is 0 Å². The molecule has 0 aliphatic heterocycles. The van der Waals surface area contributed by atoms with Gasteiger partial charge >= 0.3 is 0 Å². The molecule has 4 heteroatoms. The average molecular weight is 268 g/mol. The number of rotatable bonds is 4. The summed E-state index contributed by atoms with van der Waals surface area (Å²) in [5, 5.41) is 0.765. The summed E-state index contributed by atoms with van der Waals surface area (Å²) in [4.78, 5) is 6.88. The van der Waals surface area contributed by atoms with Gasteiger partial charge in [-0.2, -0.15) is 0 Å². The first-order valence-electron chi connectivity index (χ1n) is 6.79. The van der Waals surface area contributed by atoms with Crippen LogP contribution in [-0.4, -0.2) is 28.5 Å². The molecule has 1 aromatic heterocycles. The van der Waals surface area contributed by atoms with Crippen molar-refractivity contribution in [2.45, 2.75) is 51.2 Å². The first-order valence-corrected chi connectivity index (χ1v) is 7.17. The lowest BCUT2D eigenvalue weighted by atomic mass is 9.90. The predicted molar refractivity (Wildman–Crippen MR) is 75.6 cm³/mol. The first-order chi connectivity index (χ1) is 8.69. The van der Waals surface area contributed by atoms with Crippen molar-refractivity contribution in [2.24, 2.45) is 5.73 Å². The zero-order chi connectivity index (χ0) is 13.0. The summed E-state index contributed by atoms with van der Waals surface area (Å²) >= 11 is 6.00. The monoisotopic (exact) mass is 267 g/mol. The number of hydrogen-bond donors (Lipinski definition) is 1. The first kappa shape index (κ1) is 13.8. The van der Waals surface area contributed by atoms with E-state index in [0.717, 1.165) is 36.6 Å². The highest BCUT2D eigenvalue weighted by atomic mass is 35.5. The van der Waals surface area contributed by atoms with Gasteiger partial charge in [0.25, 0.3) is 0 Å². The van der Waals surface area contributed by atoms with E-state index in [9.17, 15) is 0 Å². The standard InChI is InChI=1S/C14H22ClN3/c1-2-18(14-5-3-12(16)4-6-14)10-13-9-11(15)7-8-17-13/h7-9,12,14H,2-6,10,16H2,1H3. The molecule has 1 aliphatic carbocycles. The Kier molecular flexibility index (Phi) is 4.98. The Hall–Kier alpha value is -0.640. The summed E-state index contributed by atoms with van der Waals surface area (Å²) in [7, 11) is 0. The quantitative estimate of drug-likeness (QED) is 0.912. The molecule has 0 saturated heterocycles. The minimum absolute atomic E-state index is 0.407. The summed E-state index contributed by atoms with van der Waals surface area (Å²) in [5.74, 6) is 0. The van der Waals surface area contributed by atoms with Crippen LogP contribution in [0.2, 0.25) is 5.02 Å². The lowest BCUT2D eigenvalue weighted by Gasteiger charge is -2.35. The van der Waals surface area contributed by atoms with Crippen LogP contribution in [0, 0.1) is 0 Å². The molecule has 1 fully saturated rings. The predicted octanol–water partition coefficient (Wildman–Crippen LogP) is 2.83. The summed E-state index contributed by atoms with van der Waals surface area (Å²) in [6.45, 7) is 4.14. The maximum absolute atomic E-state index is 6.00. The van der Waals surface area contributed by atoms with E-state index in [1.54, 1.807) is 6.20 Å². The molecule has 1 saturated carbocycles. The van der Waals surface area contributed by atoms with E-state index in [0.29, 0.717) is 12.1 Å². The van der Waals surface area contributed by atoms with E-state index < -0.39 is 0 Å². The molecule has 1 aromatic rings. The molecule has 0 unspecified atom stereocenters. The number of pyridine rings is 1. The Labute approximate surface area is 114 Å². The second-order valence-electron chi connectivity index (χ2n) is 5.10. The Morgan fingerprint density at radius 3 is 2.72 bits per heavy atom. The molecule has 18 heavy (non-hydrogen) atoms. The zero-order valence-corrected chi connectivity index (χ0v) is 11.7. The molecule has 2 N–H and O–H groups in total. The second kappa shape index (κ2) is 6.50. The smallest absolute Gasteiger partial charge is 0.0558 e. The summed E-state index contributed by atoms with van der Waals surface area (Å²) in [6, 6.07) is 4.83. The Morgan fingerprint density at radius 2 is 2.11 bits per heavy atom. The van der Waals surface area contributed by atoms with Crippen molar-refractivity contribution >= 4 is 11.6 Å².